The van der Waals surface area contributed by atoms with Crippen molar-refractivity contribution in [2.24, 2.45) is 0 Å². The van der Waals surface area contributed by atoms with Crippen LogP contribution in [0.3, 0.4) is 0 Å². The molecule has 1 aliphatic rings. The van der Waals surface area contributed by atoms with E-state index in [1.54, 1.807) is 13.2 Å². The van der Waals surface area contributed by atoms with E-state index in [0.717, 1.165) is 24.3 Å². The smallest absolute Gasteiger partial charge is 0.251 e. The van der Waals surface area contributed by atoms with Crippen molar-refractivity contribution in [3.05, 3.63) is 29.3 Å². The number of benzene rings is 1. The van der Waals surface area contributed by atoms with Crippen LogP contribution in [0.5, 0.6) is 5.75 Å². The Morgan fingerprint density at radius 3 is 2.95 bits per heavy atom. The normalized spacial score (nSPS) is 17.4. The van der Waals surface area contributed by atoms with Gasteiger partial charge in [-0.15, -0.1) is 12.4 Å². The minimum Gasteiger partial charge on any atom is -0.496 e. The van der Waals surface area contributed by atoms with E-state index in [2.05, 4.69) is 10.6 Å². The van der Waals surface area contributed by atoms with Crippen LogP contribution in [0.4, 0.5) is 0 Å². The number of carbonyl (C=O) groups is 1. The molecule has 0 spiro atoms. The first kappa shape index (κ1) is 16.8. The van der Waals surface area contributed by atoms with Crippen molar-refractivity contribution in [3.8, 4) is 5.75 Å². The van der Waals surface area contributed by atoms with E-state index in [9.17, 15) is 4.79 Å². The predicted octanol–water partition coefficient (Wildman–Crippen LogP) is 2.30. The molecule has 1 aliphatic heterocycles. The molecule has 0 bridgehead atoms. The van der Waals surface area contributed by atoms with Gasteiger partial charge in [0, 0.05) is 18.2 Å². The fourth-order valence-electron chi connectivity index (χ4n) is 2.43. The molecule has 2 N–H and O–H groups in total. The zero-order chi connectivity index (χ0) is 13.7. The maximum atomic E-state index is 12.0. The molecule has 0 radical (unpaired) electrons. The van der Waals surface area contributed by atoms with Gasteiger partial charge in [-0.1, -0.05) is 6.07 Å². The lowest BCUT2D eigenvalue weighted by Gasteiger charge is -2.11. The quantitative estimate of drug-likeness (QED) is 0.877. The molecule has 1 fully saturated rings. The first-order chi connectivity index (χ1) is 9.20. The Morgan fingerprint density at radius 1 is 1.50 bits per heavy atom. The third kappa shape index (κ3) is 4.39. The Labute approximate surface area is 126 Å². The van der Waals surface area contributed by atoms with Gasteiger partial charge in [0.2, 0.25) is 0 Å². The number of aryl methyl sites for hydroxylation is 1. The standard InChI is InChI=1S/C15H22N2O2.ClH/c1-11-5-6-12(10-14(11)19-2)15(18)17-9-7-13-4-3-8-16-13;/h5-6,10,13,16H,3-4,7-9H2,1-2H3,(H,17,18);1H/t13-;/m1./s1. The van der Waals surface area contributed by atoms with Gasteiger partial charge in [0.1, 0.15) is 5.75 Å². The van der Waals surface area contributed by atoms with Gasteiger partial charge in [-0.05, 0) is 50.4 Å². The Kier molecular flexibility index (Phi) is 6.82. The van der Waals surface area contributed by atoms with Gasteiger partial charge in [0.15, 0.2) is 0 Å². The van der Waals surface area contributed by atoms with Crippen molar-refractivity contribution in [3.63, 3.8) is 0 Å². The summed E-state index contributed by atoms with van der Waals surface area (Å²) in [6.45, 7) is 3.78. The second-order valence-corrected chi connectivity index (χ2v) is 5.02. The number of carbonyl (C=O) groups excluding carboxylic acids is 1. The van der Waals surface area contributed by atoms with Crippen LogP contribution < -0.4 is 15.4 Å². The highest BCUT2D eigenvalue weighted by atomic mass is 35.5. The summed E-state index contributed by atoms with van der Waals surface area (Å²) >= 11 is 0. The van der Waals surface area contributed by atoms with Crippen molar-refractivity contribution < 1.29 is 9.53 Å². The Hall–Kier alpha value is -1.26. The third-order valence-electron chi connectivity index (χ3n) is 3.61. The van der Waals surface area contributed by atoms with Gasteiger partial charge in [-0.2, -0.15) is 0 Å². The van der Waals surface area contributed by atoms with Crippen LogP contribution in [-0.2, 0) is 0 Å². The molecule has 0 saturated carbocycles. The predicted molar refractivity (Wildman–Crippen MR) is 83.0 cm³/mol. The highest BCUT2D eigenvalue weighted by molar-refractivity contribution is 5.94. The summed E-state index contributed by atoms with van der Waals surface area (Å²) in [5.74, 6) is 0.724. The second-order valence-electron chi connectivity index (χ2n) is 5.02. The average molecular weight is 299 g/mol. The minimum atomic E-state index is -0.0312. The number of amides is 1. The molecule has 0 aromatic heterocycles. The molecule has 4 nitrogen and oxygen atoms in total. The number of ether oxygens (including phenoxy) is 1. The van der Waals surface area contributed by atoms with E-state index in [0.29, 0.717) is 18.2 Å². The molecule has 1 heterocycles. The van der Waals surface area contributed by atoms with E-state index in [4.69, 9.17) is 4.74 Å². The van der Waals surface area contributed by atoms with Crippen LogP contribution in [0.15, 0.2) is 18.2 Å². The molecule has 2 rings (SSSR count). The summed E-state index contributed by atoms with van der Waals surface area (Å²) in [4.78, 5) is 12.0. The van der Waals surface area contributed by atoms with Crippen LogP contribution in [0, 0.1) is 6.92 Å². The zero-order valence-electron chi connectivity index (χ0n) is 12.1. The first-order valence-electron chi connectivity index (χ1n) is 6.87. The molecular formula is C15H23ClN2O2. The van der Waals surface area contributed by atoms with Crippen LogP contribution >= 0.6 is 12.4 Å². The molecular weight excluding hydrogens is 276 g/mol. The summed E-state index contributed by atoms with van der Waals surface area (Å²) in [5, 5.41) is 6.39. The van der Waals surface area contributed by atoms with Crippen LogP contribution in [0.1, 0.15) is 35.2 Å². The zero-order valence-corrected chi connectivity index (χ0v) is 12.9. The molecule has 112 valence electrons. The second kappa shape index (κ2) is 8.12. The van der Waals surface area contributed by atoms with Gasteiger partial charge in [0.05, 0.1) is 7.11 Å². The lowest BCUT2D eigenvalue weighted by atomic mass is 10.1. The lowest BCUT2D eigenvalue weighted by molar-refractivity contribution is 0.0952. The fraction of sp³-hybridized carbons (Fsp3) is 0.533. The summed E-state index contributed by atoms with van der Waals surface area (Å²) in [6.07, 6.45) is 3.46. The van der Waals surface area contributed by atoms with Crippen LogP contribution in [-0.4, -0.2) is 32.1 Å². The van der Waals surface area contributed by atoms with Gasteiger partial charge < -0.3 is 15.4 Å². The summed E-state index contributed by atoms with van der Waals surface area (Å²) in [5.41, 5.74) is 1.69. The molecule has 1 aromatic rings. The number of halogens is 1. The SMILES string of the molecule is COc1cc(C(=O)NCC[C@H]2CCCN2)ccc1C.Cl. The third-order valence-corrected chi connectivity index (χ3v) is 3.61. The minimum absolute atomic E-state index is 0. The molecule has 1 saturated heterocycles. The molecule has 20 heavy (non-hydrogen) atoms. The summed E-state index contributed by atoms with van der Waals surface area (Å²) in [6, 6.07) is 6.10. The molecule has 1 aromatic carbocycles. The Morgan fingerprint density at radius 2 is 2.30 bits per heavy atom. The van der Waals surface area contributed by atoms with E-state index in [1.165, 1.54) is 12.8 Å². The van der Waals surface area contributed by atoms with E-state index >= 15 is 0 Å². The van der Waals surface area contributed by atoms with E-state index in [1.807, 2.05) is 19.1 Å². The van der Waals surface area contributed by atoms with E-state index < -0.39 is 0 Å². The molecule has 1 amide bonds. The highest BCUT2D eigenvalue weighted by Crippen LogP contribution is 2.18. The first-order valence-corrected chi connectivity index (χ1v) is 6.87. The summed E-state index contributed by atoms with van der Waals surface area (Å²) < 4.78 is 5.23. The fourth-order valence-corrected chi connectivity index (χ4v) is 2.43. The van der Waals surface area contributed by atoms with Gasteiger partial charge >= 0.3 is 0 Å². The number of rotatable bonds is 5. The lowest BCUT2D eigenvalue weighted by Crippen LogP contribution is -2.30. The van der Waals surface area contributed by atoms with E-state index in [-0.39, 0.29) is 18.3 Å². The average Bonchev–Trinajstić information content (AvgIpc) is 2.92. The van der Waals surface area contributed by atoms with Crippen molar-refractivity contribution >= 4 is 18.3 Å². The number of hydrogen-bond acceptors (Lipinski definition) is 3. The molecule has 0 aliphatic carbocycles. The van der Waals surface area contributed by atoms with Crippen molar-refractivity contribution in [1.82, 2.24) is 10.6 Å². The number of hydrogen-bond donors (Lipinski definition) is 2. The molecule has 1 atom stereocenters. The molecule has 0 unspecified atom stereocenters. The van der Waals surface area contributed by atoms with Crippen molar-refractivity contribution in [2.75, 3.05) is 20.2 Å². The monoisotopic (exact) mass is 298 g/mol. The Balaban J connectivity index is 0.00000200. The van der Waals surface area contributed by atoms with Crippen LogP contribution in [0.25, 0.3) is 0 Å². The van der Waals surface area contributed by atoms with Gasteiger partial charge in [-0.3, -0.25) is 4.79 Å². The topological polar surface area (TPSA) is 50.4 Å². The van der Waals surface area contributed by atoms with Crippen molar-refractivity contribution in [1.29, 1.82) is 0 Å². The maximum absolute atomic E-state index is 12.0. The largest absolute Gasteiger partial charge is 0.496 e. The maximum Gasteiger partial charge on any atom is 0.251 e. The Bertz CT molecular complexity index is 445. The summed E-state index contributed by atoms with van der Waals surface area (Å²) in [7, 11) is 1.62. The van der Waals surface area contributed by atoms with Gasteiger partial charge in [-0.25, -0.2) is 0 Å². The number of methoxy groups -OCH3 is 1. The molecule has 5 heteroatoms. The van der Waals surface area contributed by atoms with Gasteiger partial charge in [0.25, 0.3) is 5.91 Å². The van der Waals surface area contributed by atoms with Crippen LogP contribution in [0.2, 0.25) is 0 Å². The van der Waals surface area contributed by atoms with Crippen molar-refractivity contribution in [2.45, 2.75) is 32.2 Å². The number of nitrogens with one attached hydrogen (secondary N) is 2. The highest BCUT2D eigenvalue weighted by Gasteiger charge is 2.14.